The molecule has 0 amide bonds. The van der Waals surface area contributed by atoms with Gasteiger partial charge in [0.15, 0.2) is 0 Å². The summed E-state index contributed by atoms with van der Waals surface area (Å²) >= 11 is 0. The fourth-order valence-corrected chi connectivity index (χ4v) is 4.99. The maximum absolute atomic E-state index is 10.3. The summed E-state index contributed by atoms with van der Waals surface area (Å²) < 4.78 is 0. The number of hydrogen-bond donors (Lipinski definition) is 5. The van der Waals surface area contributed by atoms with Gasteiger partial charge in [0.1, 0.15) is 0 Å². The van der Waals surface area contributed by atoms with Crippen LogP contribution in [0, 0.1) is 23.7 Å². The Kier molecular flexibility index (Phi) is 7.51. The molecule has 0 aromatic carbocycles. The van der Waals surface area contributed by atoms with Gasteiger partial charge < -0.3 is 25.5 Å². The van der Waals surface area contributed by atoms with E-state index >= 15 is 0 Å². The highest BCUT2D eigenvalue weighted by molar-refractivity contribution is 5.03. The number of hydrogen-bond acceptors (Lipinski definition) is 5. The third-order valence-corrected chi connectivity index (χ3v) is 6.71. The number of aliphatic hydroxyl groups excluding tert-OH is 5. The van der Waals surface area contributed by atoms with Crippen LogP contribution >= 0.6 is 0 Å². The maximum atomic E-state index is 10.3. The van der Waals surface area contributed by atoms with Crippen LogP contribution in [-0.2, 0) is 0 Å². The van der Waals surface area contributed by atoms with Crippen LogP contribution in [0.5, 0.6) is 0 Å². The first-order valence-electron chi connectivity index (χ1n) is 10.7. The van der Waals surface area contributed by atoms with Crippen molar-refractivity contribution in [2.45, 2.75) is 88.3 Å². The molecule has 8 unspecified atom stereocenters. The van der Waals surface area contributed by atoms with Crippen molar-refractivity contribution in [2.75, 3.05) is 0 Å². The van der Waals surface area contributed by atoms with Crippen molar-refractivity contribution in [3.05, 3.63) is 24.3 Å². The molecule has 154 valence electrons. The standard InChI is InChI=1S/C22H36O5/c23-18-10-16(3-1-14-5-7-19(24)21(26)12-14)9-17(11-18)4-2-15-6-8-20(25)22(27)13-15/h1-4,14-27H,5-13H2/b3-1+,4-2+. The van der Waals surface area contributed by atoms with Gasteiger partial charge in [-0.3, -0.25) is 0 Å². The van der Waals surface area contributed by atoms with Crippen LogP contribution in [-0.4, -0.2) is 56.1 Å². The summed E-state index contributed by atoms with van der Waals surface area (Å²) in [6.07, 6.45) is 13.0. The van der Waals surface area contributed by atoms with Gasteiger partial charge in [-0.05, 0) is 81.5 Å². The van der Waals surface area contributed by atoms with E-state index in [1.165, 1.54) is 0 Å². The second-order valence-corrected chi connectivity index (χ2v) is 9.07. The summed E-state index contributed by atoms with van der Waals surface area (Å²) in [5.41, 5.74) is 0. The molecule has 0 aromatic rings. The van der Waals surface area contributed by atoms with Gasteiger partial charge in [0.2, 0.25) is 0 Å². The molecule has 0 aromatic heterocycles. The summed E-state index contributed by atoms with van der Waals surface area (Å²) in [5.74, 6) is 1.30. The highest BCUT2D eigenvalue weighted by Gasteiger charge is 2.29. The predicted molar refractivity (Wildman–Crippen MR) is 104 cm³/mol. The third-order valence-electron chi connectivity index (χ3n) is 6.71. The van der Waals surface area contributed by atoms with E-state index in [0.29, 0.717) is 49.4 Å². The average Bonchev–Trinajstić information content (AvgIpc) is 2.63. The lowest BCUT2D eigenvalue weighted by atomic mass is 9.77. The largest absolute Gasteiger partial charge is 0.393 e. The molecule has 3 aliphatic rings. The van der Waals surface area contributed by atoms with E-state index in [2.05, 4.69) is 24.3 Å². The quantitative estimate of drug-likeness (QED) is 0.480. The van der Waals surface area contributed by atoms with Crippen LogP contribution in [0.4, 0.5) is 0 Å². The first kappa shape index (κ1) is 21.0. The van der Waals surface area contributed by atoms with Gasteiger partial charge in [-0.1, -0.05) is 24.3 Å². The summed E-state index contributed by atoms with van der Waals surface area (Å²) in [6.45, 7) is 0. The second-order valence-electron chi connectivity index (χ2n) is 9.07. The van der Waals surface area contributed by atoms with Gasteiger partial charge in [-0.25, -0.2) is 0 Å². The fraction of sp³-hybridized carbons (Fsp3) is 0.818. The molecule has 3 aliphatic carbocycles. The molecule has 8 atom stereocenters. The van der Waals surface area contributed by atoms with Gasteiger partial charge in [0, 0.05) is 0 Å². The molecule has 0 bridgehead atoms. The monoisotopic (exact) mass is 380 g/mol. The van der Waals surface area contributed by atoms with Crippen molar-refractivity contribution < 1.29 is 25.5 Å². The highest BCUT2D eigenvalue weighted by Crippen LogP contribution is 2.34. The summed E-state index contributed by atoms with van der Waals surface area (Å²) in [5, 5.41) is 49.2. The molecule has 5 N–H and O–H groups in total. The van der Waals surface area contributed by atoms with E-state index in [-0.39, 0.29) is 6.10 Å². The van der Waals surface area contributed by atoms with Crippen molar-refractivity contribution in [1.29, 1.82) is 0 Å². The third kappa shape index (κ3) is 6.13. The number of aliphatic hydroxyl groups is 5. The minimum absolute atomic E-state index is 0.291. The molecule has 27 heavy (non-hydrogen) atoms. The molecule has 0 spiro atoms. The molecular formula is C22H36O5. The van der Waals surface area contributed by atoms with E-state index < -0.39 is 24.4 Å². The molecule has 3 fully saturated rings. The average molecular weight is 381 g/mol. The van der Waals surface area contributed by atoms with Crippen LogP contribution < -0.4 is 0 Å². The molecule has 3 saturated carbocycles. The predicted octanol–water partition coefficient (Wildman–Crippen LogP) is 1.92. The Morgan fingerprint density at radius 3 is 1.22 bits per heavy atom. The van der Waals surface area contributed by atoms with Crippen molar-refractivity contribution in [3.63, 3.8) is 0 Å². The topological polar surface area (TPSA) is 101 Å². The van der Waals surface area contributed by atoms with Crippen LogP contribution in [0.15, 0.2) is 24.3 Å². The Balaban J connectivity index is 1.50. The fourth-order valence-electron chi connectivity index (χ4n) is 4.99. The summed E-state index contributed by atoms with van der Waals surface area (Å²) in [4.78, 5) is 0. The summed E-state index contributed by atoms with van der Waals surface area (Å²) in [7, 11) is 0. The zero-order valence-electron chi connectivity index (χ0n) is 16.1. The van der Waals surface area contributed by atoms with Gasteiger partial charge in [0.25, 0.3) is 0 Å². The Morgan fingerprint density at radius 1 is 0.407 bits per heavy atom. The Hall–Kier alpha value is -0.720. The Morgan fingerprint density at radius 2 is 0.815 bits per heavy atom. The molecule has 5 nitrogen and oxygen atoms in total. The maximum Gasteiger partial charge on any atom is 0.0804 e. The van der Waals surface area contributed by atoms with E-state index in [9.17, 15) is 25.5 Å². The molecule has 0 radical (unpaired) electrons. The van der Waals surface area contributed by atoms with Crippen LogP contribution in [0.25, 0.3) is 0 Å². The van der Waals surface area contributed by atoms with Gasteiger partial charge >= 0.3 is 0 Å². The van der Waals surface area contributed by atoms with E-state index in [1.54, 1.807) is 0 Å². The number of allylic oxidation sites excluding steroid dienone is 4. The number of rotatable bonds is 4. The van der Waals surface area contributed by atoms with Crippen molar-refractivity contribution in [2.24, 2.45) is 23.7 Å². The Bertz CT molecular complexity index is 475. The van der Waals surface area contributed by atoms with Gasteiger partial charge in [-0.15, -0.1) is 0 Å². The second kappa shape index (κ2) is 9.66. The normalized spacial score (nSPS) is 46.9. The van der Waals surface area contributed by atoms with Crippen LogP contribution in [0.3, 0.4) is 0 Å². The lowest BCUT2D eigenvalue weighted by Crippen LogP contribution is -2.33. The van der Waals surface area contributed by atoms with Crippen molar-refractivity contribution >= 4 is 0 Å². The lowest BCUT2D eigenvalue weighted by molar-refractivity contribution is -0.0191. The molecular weight excluding hydrogens is 344 g/mol. The van der Waals surface area contributed by atoms with Gasteiger partial charge in [-0.2, -0.15) is 0 Å². The molecule has 0 heterocycles. The first-order valence-corrected chi connectivity index (χ1v) is 10.7. The highest BCUT2D eigenvalue weighted by atomic mass is 16.3. The van der Waals surface area contributed by atoms with Crippen LogP contribution in [0.2, 0.25) is 0 Å². The minimum atomic E-state index is -0.620. The van der Waals surface area contributed by atoms with E-state index in [4.69, 9.17) is 0 Å². The minimum Gasteiger partial charge on any atom is -0.393 e. The van der Waals surface area contributed by atoms with Crippen LogP contribution in [0.1, 0.15) is 57.8 Å². The SMILES string of the molecule is OC1CC(/C=C/C2CCC(O)C(O)C2)CC(/C=C/C2CCC(O)C(O)C2)C1. The zero-order chi connectivity index (χ0) is 19.4. The van der Waals surface area contributed by atoms with E-state index in [1.807, 2.05) is 0 Å². The summed E-state index contributed by atoms with van der Waals surface area (Å²) in [6, 6.07) is 0. The molecule has 0 saturated heterocycles. The zero-order valence-corrected chi connectivity index (χ0v) is 16.1. The van der Waals surface area contributed by atoms with Gasteiger partial charge in [0.05, 0.1) is 30.5 Å². The van der Waals surface area contributed by atoms with Crippen molar-refractivity contribution in [1.82, 2.24) is 0 Å². The molecule has 3 rings (SSSR count). The Labute approximate surface area is 162 Å². The van der Waals surface area contributed by atoms with E-state index in [0.717, 1.165) is 32.1 Å². The first-order chi connectivity index (χ1) is 12.9. The smallest absolute Gasteiger partial charge is 0.0804 e. The molecule has 0 aliphatic heterocycles. The lowest BCUT2D eigenvalue weighted by Gasteiger charge is -2.32. The van der Waals surface area contributed by atoms with Crippen molar-refractivity contribution in [3.8, 4) is 0 Å². The molecule has 5 heteroatoms.